The number of hydrogen-bond acceptors (Lipinski definition) is 6. The summed E-state index contributed by atoms with van der Waals surface area (Å²) in [4.78, 5) is 27.2. The number of rotatable bonds is 5. The van der Waals surface area contributed by atoms with Crippen molar-refractivity contribution in [1.29, 1.82) is 0 Å². The normalized spacial score (nSPS) is 16.2. The van der Waals surface area contributed by atoms with Crippen LogP contribution in [-0.2, 0) is 9.59 Å². The molecule has 3 rings (SSSR count). The van der Waals surface area contributed by atoms with E-state index in [9.17, 15) is 14.7 Å². The molecular formula is C21H20N2O4S2. The molecule has 150 valence electrons. The molecule has 8 heteroatoms. The minimum Gasteiger partial charge on any atom is -0.504 e. The number of benzene rings is 2. The average Bonchev–Trinajstić information content (AvgIpc) is 2.95. The lowest BCUT2D eigenvalue weighted by atomic mass is 10.1. The Hall–Kier alpha value is -2.84. The van der Waals surface area contributed by atoms with E-state index >= 15 is 0 Å². The number of thioether (sulfide) groups is 1. The van der Waals surface area contributed by atoms with Crippen LogP contribution in [-0.4, -0.2) is 39.3 Å². The van der Waals surface area contributed by atoms with Gasteiger partial charge in [0.15, 0.2) is 11.5 Å². The number of aryl methyl sites for hydroxylation is 1. The second-order valence-corrected chi connectivity index (χ2v) is 8.19. The molecule has 1 fully saturated rings. The van der Waals surface area contributed by atoms with E-state index in [1.165, 1.54) is 18.1 Å². The van der Waals surface area contributed by atoms with Crippen molar-refractivity contribution < 1.29 is 19.4 Å². The molecule has 2 aromatic rings. The van der Waals surface area contributed by atoms with Crippen LogP contribution in [0.2, 0.25) is 0 Å². The van der Waals surface area contributed by atoms with Gasteiger partial charge in [-0.2, -0.15) is 0 Å². The lowest BCUT2D eigenvalue weighted by Gasteiger charge is -2.22. The number of amides is 2. The smallest absolute Gasteiger partial charge is 0.266 e. The fourth-order valence-corrected chi connectivity index (χ4v) is 4.25. The second-order valence-electron chi connectivity index (χ2n) is 6.52. The number of aromatic hydroxyl groups is 1. The molecule has 1 unspecified atom stereocenters. The first-order chi connectivity index (χ1) is 13.8. The molecule has 0 aliphatic carbocycles. The number of carbonyl (C=O) groups excluding carboxylic acids is 2. The molecule has 1 heterocycles. The first-order valence-corrected chi connectivity index (χ1v) is 10.0. The van der Waals surface area contributed by atoms with Crippen molar-refractivity contribution in [3.05, 3.63) is 58.5 Å². The fourth-order valence-electron chi connectivity index (χ4n) is 2.84. The summed E-state index contributed by atoms with van der Waals surface area (Å²) in [7, 11) is 1.45. The van der Waals surface area contributed by atoms with Crippen LogP contribution in [0.15, 0.2) is 47.4 Å². The fraction of sp³-hybridized carbons (Fsp3) is 0.190. The molecule has 1 saturated heterocycles. The van der Waals surface area contributed by atoms with Crippen LogP contribution < -0.4 is 10.1 Å². The van der Waals surface area contributed by atoms with Crippen molar-refractivity contribution >= 4 is 51.9 Å². The molecule has 1 aliphatic heterocycles. The summed E-state index contributed by atoms with van der Waals surface area (Å²) < 4.78 is 5.41. The van der Waals surface area contributed by atoms with E-state index in [0.717, 1.165) is 17.3 Å². The van der Waals surface area contributed by atoms with Gasteiger partial charge in [0, 0.05) is 5.69 Å². The number of phenolic OH excluding ortho intramolecular Hbond substituents is 1. The van der Waals surface area contributed by atoms with Gasteiger partial charge >= 0.3 is 0 Å². The quantitative estimate of drug-likeness (QED) is 0.555. The minimum atomic E-state index is -0.761. The number of thiocarbonyl (C=S) groups is 1. The van der Waals surface area contributed by atoms with Crippen molar-refractivity contribution in [3.63, 3.8) is 0 Å². The van der Waals surface area contributed by atoms with Gasteiger partial charge in [0.1, 0.15) is 10.4 Å². The second kappa shape index (κ2) is 8.67. The zero-order valence-electron chi connectivity index (χ0n) is 16.1. The molecule has 2 aromatic carbocycles. The molecule has 29 heavy (non-hydrogen) atoms. The third-order valence-corrected chi connectivity index (χ3v) is 5.71. The predicted octanol–water partition coefficient (Wildman–Crippen LogP) is 3.94. The van der Waals surface area contributed by atoms with Gasteiger partial charge in [-0.25, -0.2) is 0 Å². The molecule has 6 nitrogen and oxygen atoms in total. The van der Waals surface area contributed by atoms with Crippen LogP contribution in [0.25, 0.3) is 6.08 Å². The van der Waals surface area contributed by atoms with E-state index in [0.29, 0.717) is 26.2 Å². The van der Waals surface area contributed by atoms with Gasteiger partial charge in [-0.3, -0.25) is 14.5 Å². The van der Waals surface area contributed by atoms with E-state index < -0.39 is 6.04 Å². The maximum absolute atomic E-state index is 12.9. The molecular weight excluding hydrogens is 408 g/mol. The summed E-state index contributed by atoms with van der Waals surface area (Å²) in [5.41, 5.74) is 2.37. The summed E-state index contributed by atoms with van der Waals surface area (Å²) in [5, 5.41) is 12.5. The van der Waals surface area contributed by atoms with Gasteiger partial charge < -0.3 is 15.2 Å². The number of ether oxygens (including phenoxy) is 1. The third-order valence-electron chi connectivity index (χ3n) is 4.38. The maximum Gasteiger partial charge on any atom is 0.266 e. The Morgan fingerprint density at radius 2 is 2.07 bits per heavy atom. The highest BCUT2D eigenvalue weighted by Crippen LogP contribution is 2.35. The largest absolute Gasteiger partial charge is 0.504 e. The molecule has 0 aromatic heterocycles. The van der Waals surface area contributed by atoms with Gasteiger partial charge in [0.25, 0.3) is 5.91 Å². The molecule has 0 radical (unpaired) electrons. The standard InChI is InChI=1S/C21H20N2O4S2/c1-12-5-4-6-15(9-12)22-19(25)13(2)23-20(26)18(29-21(23)28)11-14-7-8-16(24)17(10-14)27-3/h4-11,13,24H,1-3H3,(H,22,25)/b18-11-. The van der Waals surface area contributed by atoms with Crippen molar-refractivity contribution in [3.8, 4) is 11.5 Å². The van der Waals surface area contributed by atoms with Crippen LogP contribution in [0.3, 0.4) is 0 Å². The number of nitrogens with zero attached hydrogens (tertiary/aromatic N) is 1. The Labute approximate surface area is 178 Å². The topological polar surface area (TPSA) is 78.9 Å². The van der Waals surface area contributed by atoms with Gasteiger partial charge in [-0.05, 0) is 55.3 Å². The molecule has 0 saturated carbocycles. The number of nitrogens with one attached hydrogen (secondary N) is 1. The summed E-state index contributed by atoms with van der Waals surface area (Å²) in [6, 6.07) is 11.4. The van der Waals surface area contributed by atoms with Crippen LogP contribution in [0.1, 0.15) is 18.1 Å². The Morgan fingerprint density at radius 3 is 2.76 bits per heavy atom. The molecule has 2 amide bonds. The van der Waals surface area contributed by atoms with Gasteiger partial charge in [-0.15, -0.1) is 0 Å². The van der Waals surface area contributed by atoms with Crippen LogP contribution in [0.5, 0.6) is 11.5 Å². The van der Waals surface area contributed by atoms with Crippen LogP contribution >= 0.6 is 24.0 Å². The summed E-state index contributed by atoms with van der Waals surface area (Å²) >= 11 is 6.48. The van der Waals surface area contributed by atoms with Crippen molar-refractivity contribution in [2.45, 2.75) is 19.9 Å². The molecule has 0 spiro atoms. The number of carbonyl (C=O) groups is 2. The van der Waals surface area contributed by atoms with Crippen molar-refractivity contribution in [2.75, 3.05) is 12.4 Å². The Bertz CT molecular complexity index is 1020. The Kier molecular flexibility index (Phi) is 6.24. The lowest BCUT2D eigenvalue weighted by molar-refractivity contribution is -0.129. The molecule has 1 atom stereocenters. The monoisotopic (exact) mass is 428 g/mol. The Morgan fingerprint density at radius 1 is 1.31 bits per heavy atom. The average molecular weight is 429 g/mol. The molecule has 2 N–H and O–H groups in total. The van der Waals surface area contributed by atoms with E-state index in [1.54, 1.807) is 31.2 Å². The van der Waals surface area contributed by atoms with Gasteiger partial charge in [0.2, 0.25) is 5.91 Å². The zero-order chi connectivity index (χ0) is 21.1. The summed E-state index contributed by atoms with van der Waals surface area (Å²) in [6.45, 7) is 3.58. The van der Waals surface area contributed by atoms with Crippen LogP contribution in [0, 0.1) is 6.92 Å². The SMILES string of the molecule is COc1cc(/C=C2\SC(=S)N(C(C)C(=O)Nc3cccc(C)c3)C2=O)ccc1O. The number of hydrogen-bond donors (Lipinski definition) is 2. The van der Waals surface area contributed by atoms with E-state index in [-0.39, 0.29) is 17.6 Å². The van der Waals surface area contributed by atoms with Crippen LogP contribution in [0.4, 0.5) is 5.69 Å². The zero-order valence-corrected chi connectivity index (χ0v) is 17.8. The van der Waals surface area contributed by atoms with E-state index in [2.05, 4.69) is 5.32 Å². The first kappa shape index (κ1) is 20.9. The highest BCUT2D eigenvalue weighted by molar-refractivity contribution is 8.26. The first-order valence-electron chi connectivity index (χ1n) is 8.81. The number of methoxy groups -OCH3 is 1. The summed E-state index contributed by atoms with van der Waals surface area (Å²) in [5.74, 6) is -0.336. The van der Waals surface area contributed by atoms with Crippen molar-refractivity contribution in [2.24, 2.45) is 0 Å². The van der Waals surface area contributed by atoms with E-state index in [1.807, 2.05) is 25.1 Å². The van der Waals surface area contributed by atoms with Gasteiger partial charge in [0.05, 0.1) is 12.0 Å². The molecule has 1 aliphatic rings. The van der Waals surface area contributed by atoms with Crippen molar-refractivity contribution in [1.82, 2.24) is 4.90 Å². The predicted molar refractivity (Wildman–Crippen MR) is 119 cm³/mol. The molecule has 0 bridgehead atoms. The Balaban J connectivity index is 1.78. The third kappa shape index (κ3) is 4.60. The lowest BCUT2D eigenvalue weighted by Crippen LogP contribution is -2.44. The number of phenols is 1. The highest BCUT2D eigenvalue weighted by atomic mass is 32.2. The van der Waals surface area contributed by atoms with Gasteiger partial charge in [-0.1, -0.05) is 42.2 Å². The summed E-state index contributed by atoms with van der Waals surface area (Å²) in [6.07, 6.45) is 1.66. The maximum atomic E-state index is 12.9. The highest BCUT2D eigenvalue weighted by Gasteiger charge is 2.38. The minimum absolute atomic E-state index is 0.0126. The number of anilines is 1. The van der Waals surface area contributed by atoms with E-state index in [4.69, 9.17) is 17.0 Å².